The van der Waals surface area contributed by atoms with Gasteiger partial charge in [0.05, 0.1) is 6.10 Å². The van der Waals surface area contributed by atoms with Crippen molar-refractivity contribution in [2.45, 2.75) is 98.0 Å². The molecule has 1 nitrogen and oxygen atoms in total. The lowest BCUT2D eigenvalue weighted by molar-refractivity contribution is -0.0625. The van der Waals surface area contributed by atoms with Gasteiger partial charge in [-0.3, -0.25) is 0 Å². The fourth-order valence-electron chi connectivity index (χ4n) is 8.34. The van der Waals surface area contributed by atoms with Crippen LogP contribution in [0.15, 0.2) is 11.6 Å². The van der Waals surface area contributed by atoms with Gasteiger partial charge in [-0.2, -0.15) is 0 Å². The van der Waals surface area contributed by atoms with Gasteiger partial charge < -0.3 is 5.11 Å². The highest BCUT2D eigenvalue weighted by atomic mass is 16.3. The van der Waals surface area contributed by atoms with Crippen molar-refractivity contribution in [1.29, 1.82) is 0 Å². The van der Waals surface area contributed by atoms with Gasteiger partial charge in [-0.1, -0.05) is 52.2 Å². The van der Waals surface area contributed by atoms with E-state index in [1.54, 1.807) is 5.57 Å². The zero-order valence-electron chi connectivity index (χ0n) is 17.1. The summed E-state index contributed by atoms with van der Waals surface area (Å²) in [5.41, 5.74) is 2.63. The summed E-state index contributed by atoms with van der Waals surface area (Å²) < 4.78 is 0. The SMILES string of the molecule is CCCC(C)C1CCC2C3CCC4=CC(O)CC[C@]4(C)C3CC[C@]12C. The number of aliphatic hydroxyl groups excluding tert-OH is 1. The second-order valence-corrected chi connectivity index (χ2v) is 10.6. The summed E-state index contributed by atoms with van der Waals surface area (Å²) in [7, 11) is 0. The first-order valence-corrected chi connectivity index (χ1v) is 11.3. The molecule has 1 N–H and O–H groups in total. The third-order valence-corrected chi connectivity index (χ3v) is 9.59. The Balaban J connectivity index is 1.59. The van der Waals surface area contributed by atoms with Crippen molar-refractivity contribution in [3.05, 3.63) is 11.6 Å². The molecule has 4 aliphatic carbocycles. The van der Waals surface area contributed by atoms with Crippen LogP contribution in [0.1, 0.15) is 91.9 Å². The molecule has 6 unspecified atom stereocenters. The summed E-state index contributed by atoms with van der Waals surface area (Å²) in [4.78, 5) is 0. The molecule has 0 saturated heterocycles. The molecule has 0 aromatic heterocycles. The van der Waals surface area contributed by atoms with Crippen molar-refractivity contribution < 1.29 is 5.11 Å². The molecular weight excluding hydrogens is 304 g/mol. The molecule has 0 amide bonds. The van der Waals surface area contributed by atoms with E-state index >= 15 is 0 Å². The molecule has 0 aromatic carbocycles. The predicted octanol–water partition coefficient (Wildman–Crippen LogP) is 6.36. The molecule has 0 aromatic rings. The van der Waals surface area contributed by atoms with E-state index in [0.717, 1.165) is 36.0 Å². The Labute approximate surface area is 155 Å². The molecule has 0 radical (unpaired) electrons. The maximum atomic E-state index is 10.1. The third kappa shape index (κ3) is 2.67. The number of rotatable bonds is 3. The topological polar surface area (TPSA) is 20.2 Å². The first kappa shape index (κ1) is 18.1. The Bertz CT molecular complexity index is 536. The Morgan fingerprint density at radius 1 is 1.08 bits per heavy atom. The minimum atomic E-state index is -0.167. The summed E-state index contributed by atoms with van der Waals surface area (Å²) in [5.74, 6) is 4.70. The summed E-state index contributed by atoms with van der Waals surface area (Å²) >= 11 is 0. The van der Waals surface area contributed by atoms with Crippen molar-refractivity contribution in [3.63, 3.8) is 0 Å². The molecule has 25 heavy (non-hydrogen) atoms. The molecular formula is C24H40O. The van der Waals surface area contributed by atoms with Gasteiger partial charge in [0.1, 0.15) is 0 Å². The van der Waals surface area contributed by atoms with E-state index in [0.29, 0.717) is 10.8 Å². The average Bonchev–Trinajstić information content (AvgIpc) is 2.93. The van der Waals surface area contributed by atoms with E-state index in [9.17, 15) is 5.11 Å². The highest BCUT2D eigenvalue weighted by molar-refractivity contribution is 5.25. The van der Waals surface area contributed by atoms with Gasteiger partial charge in [0, 0.05) is 0 Å². The molecule has 142 valence electrons. The molecule has 4 aliphatic rings. The summed E-state index contributed by atoms with van der Waals surface area (Å²) in [6.07, 6.45) is 15.6. The fraction of sp³-hybridized carbons (Fsp3) is 0.917. The van der Waals surface area contributed by atoms with Crippen LogP contribution in [0.3, 0.4) is 0 Å². The normalized spacial score (nSPS) is 50.4. The molecule has 8 atom stereocenters. The van der Waals surface area contributed by atoms with Crippen molar-refractivity contribution in [3.8, 4) is 0 Å². The van der Waals surface area contributed by atoms with E-state index in [4.69, 9.17) is 0 Å². The van der Waals surface area contributed by atoms with Crippen molar-refractivity contribution >= 4 is 0 Å². The molecule has 0 bridgehead atoms. The molecule has 3 saturated carbocycles. The molecule has 0 spiro atoms. The predicted molar refractivity (Wildman–Crippen MR) is 105 cm³/mol. The van der Waals surface area contributed by atoms with E-state index in [2.05, 4.69) is 33.8 Å². The van der Waals surface area contributed by atoms with E-state index < -0.39 is 0 Å². The van der Waals surface area contributed by atoms with Crippen LogP contribution in [0.25, 0.3) is 0 Å². The maximum Gasteiger partial charge on any atom is 0.0724 e. The molecule has 3 fully saturated rings. The van der Waals surface area contributed by atoms with Crippen LogP contribution in [0.5, 0.6) is 0 Å². The highest BCUT2D eigenvalue weighted by Gasteiger charge is 2.59. The van der Waals surface area contributed by atoms with Gasteiger partial charge in [-0.25, -0.2) is 0 Å². The van der Waals surface area contributed by atoms with E-state index in [-0.39, 0.29) is 6.10 Å². The van der Waals surface area contributed by atoms with Gasteiger partial charge in [0.25, 0.3) is 0 Å². The number of aliphatic hydroxyl groups is 1. The zero-order valence-corrected chi connectivity index (χ0v) is 17.1. The standard InChI is InChI=1S/C24H40O/c1-5-6-16(2)20-9-10-21-19-8-7-17-15-18(25)11-13-23(17,3)22(19)12-14-24(20,21)4/h15-16,18-22,25H,5-14H2,1-4H3/t16?,18?,19?,20?,21?,22?,23-,24+/m0/s1. The fourth-order valence-corrected chi connectivity index (χ4v) is 8.34. The molecule has 1 heteroatoms. The van der Waals surface area contributed by atoms with Gasteiger partial charge in [0.15, 0.2) is 0 Å². The highest BCUT2D eigenvalue weighted by Crippen LogP contribution is 2.67. The molecule has 0 aliphatic heterocycles. The van der Waals surface area contributed by atoms with E-state index in [1.165, 1.54) is 57.8 Å². The monoisotopic (exact) mass is 344 g/mol. The second kappa shape index (κ2) is 6.39. The first-order chi connectivity index (χ1) is 11.9. The zero-order chi connectivity index (χ0) is 17.8. The van der Waals surface area contributed by atoms with Crippen molar-refractivity contribution in [2.75, 3.05) is 0 Å². The summed E-state index contributed by atoms with van der Waals surface area (Å²) in [6.45, 7) is 10.1. The number of hydrogen-bond acceptors (Lipinski definition) is 1. The maximum absolute atomic E-state index is 10.1. The lowest BCUT2D eigenvalue weighted by atomic mass is 9.46. The third-order valence-electron chi connectivity index (χ3n) is 9.59. The Morgan fingerprint density at radius 2 is 1.88 bits per heavy atom. The number of fused-ring (bicyclic) bond motifs is 5. The van der Waals surface area contributed by atoms with Crippen LogP contribution in [-0.4, -0.2) is 11.2 Å². The van der Waals surface area contributed by atoms with Crippen LogP contribution in [0.2, 0.25) is 0 Å². The summed E-state index contributed by atoms with van der Waals surface area (Å²) in [6, 6.07) is 0. The molecule has 4 rings (SSSR count). The van der Waals surface area contributed by atoms with Gasteiger partial charge >= 0.3 is 0 Å². The minimum absolute atomic E-state index is 0.167. The van der Waals surface area contributed by atoms with Crippen molar-refractivity contribution in [1.82, 2.24) is 0 Å². The van der Waals surface area contributed by atoms with Gasteiger partial charge in [0.2, 0.25) is 0 Å². The first-order valence-electron chi connectivity index (χ1n) is 11.3. The smallest absolute Gasteiger partial charge is 0.0724 e. The second-order valence-electron chi connectivity index (χ2n) is 10.6. The van der Waals surface area contributed by atoms with Crippen LogP contribution in [0.4, 0.5) is 0 Å². The quantitative estimate of drug-likeness (QED) is 0.590. The van der Waals surface area contributed by atoms with Gasteiger partial charge in [-0.05, 0) is 91.8 Å². The lowest BCUT2D eigenvalue weighted by Crippen LogP contribution is -2.51. The Hall–Kier alpha value is -0.300. The van der Waals surface area contributed by atoms with Crippen LogP contribution in [-0.2, 0) is 0 Å². The largest absolute Gasteiger partial charge is 0.389 e. The summed E-state index contributed by atoms with van der Waals surface area (Å²) in [5, 5.41) is 10.1. The Kier molecular flexibility index (Phi) is 4.63. The number of hydrogen-bond donors (Lipinski definition) is 1. The van der Waals surface area contributed by atoms with Crippen molar-refractivity contribution in [2.24, 2.45) is 40.4 Å². The van der Waals surface area contributed by atoms with Crippen LogP contribution >= 0.6 is 0 Å². The van der Waals surface area contributed by atoms with E-state index in [1.807, 2.05) is 0 Å². The Morgan fingerprint density at radius 3 is 2.64 bits per heavy atom. The van der Waals surface area contributed by atoms with Crippen LogP contribution < -0.4 is 0 Å². The molecule has 0 heterocycles. The average molecular weight is 345 g/mol. The lowest BCUT2D eigenvalue weighted by Gasteiger charge is -2.59. The van der Waals surface area contributed by atoms with Crippen LogP contribution in [0, 0.1) is 40.4 Å². The minimum Gasteiger partial charge on any atom is -0.389 e. The van der Waals surface area contributed by atoms with Gasteiger partial charge in [-0.15, -0.1) is 0 Å². The number of allylic oxidation sites excluding steroid dienone is 1.